The van der Waals surface area contributed by atoms with E-state index in [1.54, 1.807) is 23.1 Å². The van der Waals surface area contributed by atoms with E-state index in [0.717, 1.165) is 11.9 Å². The Balaban J connectivity index is 1.72. The second kappa shape index (κ2) is 6.02. The summed E-state index contributed by atoms with van der Waals surface area (Å²) in [6, 6.07) is 5.52. The van der Waals surface area contributed by atoms with E-state index >= 15 is 0 Å². The van der Waals surface area contributed by atoms with Gasteiger partial charge in [-0.3, -0.25) is 9.59 Å². The number of hydrogen-bond acceptors (Lipinski definition) is 4. The molecule has 1 fully saturated rings. The number of anilines is 1. The maximum absolute atomic E-state index is 12.4. The van der Waals surface area contributed by atoms with E-state index in [0.29, 0.717) is 23.7 Å². The van der Waals surface area contributed by atoms with E-state index in [1.807, 2.05) is 20.8 Å². The van der Waals surface area contributed by atoms with E-state index in [2.05, 4.69) is 10.3 Å². The first-order valence-corrected chi connectivity index (χ1v) is 7.97. The third-order valence-electron chi connectivity index (χ3n) is 4.15. The molecule has 23 heavy (non-hydrogen) atoms. The zero-order chi connectivity index (χ0) is 16.6. The summed E-state index contributed by atoms with van der Waals surface area (Å²) in [4.78, 5) is 30.4. The maximum atomic E-state index is 12.4. The second-order valence-corrected chi connectivity index (χ2v) is 6.17. The van der Waals surface area contributed by atoms with Crippen LogP contribution in [0.25, 0.3) is 11.1 Å². The van der Waals surface area contributed by atoms with Crippen LogP contribution in [-0.4, -0.2) is 34.3 Å². The summed E-state index contributed by atoms with van der Waals surface area (Å²) in [6.07, 6.45) is 1.00. The van der Waals surface area contributed by atoms with Gasteiger partial charge in [0.2, 0.25) is 11.8 Å². The topological polar surface area (TPSA) is 75.4 Å². The average Bonchev–Trinajstić information content (AvgIpc) is 3.09. The molecule has 1 aromatic carbocycles. The molecule has 1 aliphatic rings. The number of carbonyl (C=O) groups excluding carboxylic acids is 2. The van der Waals surface area contributed by atoms with Crippen molar-refractivity contribution in [3.05, 3.63) is 24.1 Å². The molecule has 1 N–H and O–H groups in total. The van der Waals surface area contributed by atoms with Crippen molar-refractivity contribution in [3.8, 4) is 0 Å². The van der Waals surface area contributed by atoms with E-state index in [9.17, 15) is 9.59 Å². The van der Waals surface area contributed by atoms with Crippen LogP contribution in [0, 0.1) is 5.92 Å². The zero-order valence-corrected chi connectivity index (χ0v) is 13.6. The van der Waals surface area contributed by atoms with Crippen molar-refractivity contribution in [1.29, 1.82) is 0 Å². The summed E-state index contributed by atoms with van der Waals surface area (Å²) in [5.41, 5.74) is 2.11. The summed E-state index contributed by atoms with van der Waals surface area (Å²) < 4.78 is 5.56. The molecule has 0 aliphatic carbocycles. The highest BCUT2D eigenvalue weighted by atomic mass is 16.3. The highest BCUT2D eigenvalue weighted by Crippen LogP contribution is 2.24. The molecule has 6 nitrogen and oxygen atoms in total. The number of aromatic nitrogens is 1. The predicted molar refractivity (Wildman–Crippen MR) is 87.0 cm³/mol. The molecule has 2 aromatic rings. The van der Waals surface area contributed by atoms with Gasteiger partial charge in [-0.25, -0.2) is 4.98 Å². The number of nitrogens with one attached hydrogen (secondary N) is 1. The fraction of sp³-hybridized carbons (Fsp3) is 0.471. The lowest BCUT2D eigenvalue weighted by Crippen LogP contribution is -2.33. The maximum Gasteiger partial charge on any atom is 0.229 e. The van der Waals surface area contributed by atoms with Gasteiger partial charge in [0.1, 0.15) is 5.52 Å². The lowest BCUT2D eigenvalue weighted by Gasteiger charge is -2.20. The summed E-state index contributed by atoms with van der Waals surface area (Å²) in [7, 11) is 0. The van der Waals surface area contributed by atoms with Crippen molar-refractivity contribution in [2.75, 3.05) is 11.9 Å². The second-order valence-electron chi connectivity index (χ2n) is 6.17. The normalized spacial score (nSPS) is 18.2. The van der Waals surface area contributed by atoms with Crippen LogP contribution in [0.2, 0.25) is 0 Å². The predicted octanol–water partition coefficient (Wildman–Crippen LogP) is 2.59. The Labute approximate surface area is 134 Å². The number of aryl methyl sites for hydroxylation is 1. The lowest BCUT2D eigenvalue weighted by atomic mass is 10.1. The van der Waals surface area contributed by atoms with Gasteiger partial charge in [0.25, 0.3) is 0 Å². The number of oxazole rings is 1. The van der Waals surface area contributed by atoms with E-state index in [-0.39, 0.29) is 30.2 Å². The molecule has 3 rings (SSSR count). The van der Waals surface area contributed by atoms with Crippen molar-refractivity contribution >= 4 is 28.6 Å². The molecule has 2 amide bonds. The molecule has 6 heteroatoms. The number of benzene rings is 1. The first kappa shape index (κ1) is 15.5. The molecule has 1 aliphatic heterocycles. The van der Waals surface area contributed by atoms with Gasteiger partial charge in [-0.2, -0.15) is 0 Å². The smallest absolute Gasteiger partial charge is 0.229 e. The third kappa shape index (κ3) is 3.06. The monoisotopic (exact) mass is 315 g/mol. The molecule has 2 heterocycles. The molecular formula is C17H21N3O3. The minimum absolute atomic E-state index is 0.0414. The van der Waals surface area contributed by atoms with Crippen LogP contribution < -0.4 is 5.32 Å². The van der Waals surface area contributed by atoms with Crippen molar-refractivity contribution in [1.82, 2.24) is 9.88 Å². The number of likely N-dealkylation sites (tertiary alicyclic amines) is 1. The molecular weight excluding hydrogens is 294 g/mol. The van der Waals surface area contributed by atoms with E-state index in [1.165, 1.54) is 0 Å². The fourth-order valence-corrected chi connectivity index (χ4v) is 2.85. The largest absolute Gasteiger partial charge is 0.441 e. The number of hydrogen-bond donors (Lipinski definition) is 1. The Morgan fingerprint density at radius 2 is 2.26 bits per heavy atom. The Morgan fingerprint density at radius 3 is 2.91 bits per heavy atom. The Bertz CT molecular complexity index is 751. The quantitative estimate of drug-likeness (QED) is 0.941. The van der Waals surface area contributed by atoms with Crippen molar-refractivity contribution in [3.63, 3.8) is 0 Å². The number of amides is 2. The Kier molecular flexibility index (Phi) is 4.07. The van der Waals surface area contributed by atoms with E-state index < -0.39 is 0 Å². The van der Waals surface area contributed by atoms with Crippen LogP contribution in [0.3, 0.4) is 0 Å². The molecule has 0 radical (unpaired) electrons. The fourth-order valence-electron chi connectivity index (χ4n) is 2.85. The summed E-state index contributed by atoms with van der Waals surface area (Å²) in [5.74, 6) is 0.293. The average molecular weight is 315 g/mol. The lowest BCUT2D eigenvalue weighted by molar-refractivity contribution is -0.129. The number of fused-ring (bicyclic) bond motifs is 1. The van der Waals surface area contributed by atoms with Crippen LogP contribution in [0.5, 0.6) is 0 Å². The van der Waals surface area contributed by atoms with Gasteiger partial charge < -0.3 is 14.6 Å². The van der Waals surface area contributed by atoms with Gasteiger partial charge in [-0.15, -0.1) is 0 Å². The zero-order valence-electron chi connectivity index (χ0n) is 13.6. The highest BCUT2D eigenvalue weighted by Gasteiger charge is 2.35. The van der Waals surface area contributed by atoms with Gasteiger partial charge in [0.05, 0.1) is 5.92 Å². The van der Waals surface area contributed by atoms with Crippen LogP contribution in [0.1, 0.15) is 33.1 Å². The van der Waals surface area contributed by atoms with Crippen molar-refractivity contribution in [2.24, 2.45) is 5.92 Å². The van der Waals surface area contributed by atoms with Crippen LogP contribution in [-0.2, 0) is 16.0 Å². The van der Waals surface area contributed by atoms with Crippen LogP contribution in [0.15, 0.2) is 22.6 Å². The number of nitrogens with zero attached hydrogens (tertiary/aromatic N) is 2. The Morgan fingerprint density at radius 1 is 1.48 bits per heavy atom. The number of rotatable bonds is 4. The summed E-state index contributed by atoms with van der Waals surface area (Å²) >= 11 is 0. The summed E-state index contributed by atoms with van der Waals surface area (Å²) in [6.45, 7) is 6.38. The third-order valence-corrected chi connectivity index (χ3v) is 4.15. The van der Waals surface area contributed by atoms with Crippen molar-refractivity contribution in [2.45, 2.75) is 39.7 Å². The number of carbonyl (C=O) groups is 2. The highest BCUT2D eigenvalue weighted by molar-refractivity contribution is 5.98. The molecule has 1 atom stereocenters. The molecule has 0 bridgehead atoms. The minimum atomic E-state index is -0.302. The van der Waals surface area contributed by atoms with Gasteiger partial charge >= 0.3 is 0 Å². The molecule has 0 saturated carbocycles. The first-order chi connectivity index (χ1) is 11.0. The summed E-state index contributed by atoms with van der Waals surface area (Å²) in [5, 5.41) is 2.88. The van der Waals surface area contributed by atoms with Gasteiger partial charge in [0, 0.05) is 31.1 Å². The molecule has 1 unspecified atom stereocenters. The van der Waals surface area contributed by atoms with Crippen LogP contribution in [0.4, 0.5) is 5.69 Å². The molecule has 1 aromatic heterocycles. The standard InChI is InChI=1S/C17H21N3O3/c1-4-15-19-13-8-12(5-6-14(13)23-15)18-17(22)11-7-16(21)20(9-11)10(2)3/h5-6,8,10-11H,4,7,9H2,1-3H3,(H,18,22). The van der Waals surface area contributed by atoms with Crippen LogP contribution >= 0.6 is 0 Å². The van der Waals surface area contributed by atoms with Gasteiger partial charge in [0.15, 0.2) is 11.5 Å². The van der Waals surface area contributed by atoms with E-state index in [4.69, 9.17) is 4.42 Å². The molecule has 1 saturated heterocycles. The Hall–Kier alpha value is -2.37. The van der Waals surface area contributed by atoms with Crippen molar-refractivity contribution < 1.29 is 14.0 Å². The van der Waals surface area contributed by atoms with Gasteiger partial charge in [-0.05, 0) is 32.0 Å². The molecule has 0 spiro atoms. The SMILES string of the molecule is CCc1nc2cc(NC(=O)C3CC(=O)N(C(C)C)C3)ccc2o1. The molecule has 122 valence electrons. The first-order valence-electron chi connectivity index (χ1n) is 7.97. The van der Waals surface area contributed by atoms with Gasteiger partial charge in [-0.1, -0.05) is 6.92 Å². The minimum Gasteiger partial charge on any atom is -0.441 e.